The number of unbranched alkanes of at least 4 members (excludes halogenated alkanes) is 1. The van der Waals surface area contributed by atoms with Crippen molar-refractivity contribution in [1.29, 1.82) is 0 Å². The SMILES string of the molecule is CCCCC1=NC2(CCCC2)C(=O)N1Cc1sc2nc(-c3ccc(OC)cc3)nn2c1C. The first-order valence-electron chi connectivity index (χ1n) is 11.4. The van der Waals surface area contributed by atoms with E-state index in [0.29, 0.717) is 12.4 Å². The van der Waals surface area contributed by atoms with Gasteiger partial charge in [0, 0.05) is 16.9 Å². The minimum atomic E-state index is -0.492. The Hall–Kier alpha value is -2.74. The van der Waals surface area contributed by atoms with E-state index in [2.05, 4.69) is 13.8 Å². The molecule has 32 heavy (non-hydrogen) atoms. The second-order valence-electron chi connectivity index (χ2n) is 8.73. The number of amidine groups is 1. The second kappa shape index (κ2) is 8.31. The molecule has 1 aliphatic heterocycles. The molecular formula is C24H29N5O2S. The average molecular weight is 452 g/mol. The van der Waals surface area contributed by atoms with Crippen molar-refractivity contribution in [1.82, 2.24) is 19.5 Å². The number of carbonyl (C=O) groups is 1. The first-order valence-corrected chi connectivity index (χ1v) is 12.3. The van der Waals surface area contributed by atoms with Gasteiger partial charge in [0.05, 0.1) is 19.3 Å². The summed E-state index contributed by atoms with van der Waals surface area (Å²) in [5.74, 6) is 2.67. The highest BCUT2D eigenvalue weighted by Crippen LogP contribution is 2.40. The zero-order chi connectivity index (χ0) is 22.3. The van der Waals surface area contributed by atoms with Gasteiger partial charge in [-0.2, -0.15) is 4.98 Å². The van der Waals surface area contributed by atoms with E-state index in [1.165, 1.54) is 0 Å². The van der Waals surface area contributed by atoms with Crippen molar-refractivity contribution in [3.05, 3.63) is 34.8 Å². The lowest BCUT2D eigenvalue weighted by molar-refractivity contribution is -0.131. The predicted molar refractivity (Wildman–Crippen MR) is 126 cm³/mol. The van der Waals surface area contributed by atoms with E-state index < -0.39 is 5.54 Å². The molecule has 1 fully saturated rings. The lowest BCUT2D eigenvalue weighted by atomic mass is 9.98. The van der Waals surface area contributed by atoms with Crippen LogP contribution in [0.25, 0.3) is 16.3 Å². The predicted octanol–water partition coefficient (Wildman–Crippen LogP) is 5.02. The van der Waals surface area contributed by atoms with Crippen LogP contribution in [0, 0.1) is 6.92 Å². The number of carbonyl (C=O) groups excluding carboxylic acids is 1. The minimum absolute atomic E-state index is 0.193. The molecule has 1 spiro atoms. The van der Waals surface area contributed by atoms with Crippen LogP contribution in [-0.4, -0.2) is 43.9 Å². The number of aliphatic imine (C=N–C) groups is 1. The highest BCUT2D eigenvalue weighted by atomic mass is 32.1. The van der Waals surface area contributed by atoms with E-state index in [0.717, 1.165) is 77.6 Å². The van der Waals surface area contributed by atoms with Gasteiger partial charge in [0.1, 0.15) is 17.1 Å². The van der Waals surface area contributed by atoms with Gasteiger partial charge in [-0.1, -0.05) is 37.5 Å². The van der Waals surface area contributed by atoms with E-state index in [4.69, 9.17) is 19.8 Å². The summed E-state index contributed by atoms with van der Waals surface area (Å²) < 4.78 is 7.13. The maximum atomic E-state index is 13.4. The molecule has 0 unspecified atom stereocenters. The number of benzene rings is 1. The zero-order valence-corrected chi connectivity index (χ0v) is 19.7. The summed E-state index contributed by atoms with van der Waals surface area (Å²) in [6.45, 7) is 4.79. The summed E-state index contributed by atoms with van der Waals surface area (Å²) in [6, 6.07) is 7.76. The average Bonchev–Trinajstić information content (AvgIpc) is 3.56. The maximum Gasteiger partial charge on any atom is 0.256 e. The number of aromatic nitrogens is 3. The molecule has 2 aromatic heterocycles. The van der Waals surface area contributed by atoms with Gasteiger partial charge in [-0.15, -0.1) is 5.10 Å². The van der Waals surface area contributed by atoms with Crippen LogP contribution in [0.2, 0.25) is 0 Å². The molecule has 2 aliphatic rings. The Bertz CT molecular complexity index is 1170. The number of nitrogens with zero attached hydrogens (tertiary/aromatic N) is 5. The Morgan fingerprint density at radius 3 is 2.59 bits per heavy atom. The zero-order valence-electron chi connectivity index (χ0n) is 18.9. The lowest BCUT2D eigenvalue weighted by Gasteiger charge is -2.22. The molecule has 1 aromatic carbocycles. The Morgan fingerprint density at radius 2 is 1.94 bits per heavy atom. The summed E-state index contributed by atoms with van der Waals surface area (Å²) in [7, 11) is 1.66. The molecule has 1 saturated carbocycles. The quantitative estimate of drug-likeness (QED) is 0.506. The van der Waals surface area contributed by atoms with Crippen LogP contribution in [0.15, 0.2) is 29.3 Å². The van der Waals surface area contributed by atoms with E-state index in [1.54, 1.807) is 18.4 Å². The monoisotopic (exact) mass is 451 g/mol. The van der Waals surface area contributed by atoms with Crippen molar-refractivity contribution in [2.24, 2.45) is 4.99 Å². The normalized spacial score (nSPS) is 17.7. The van der Waals surface area contributed by atoms with E-state index in [9.17, 15) is 4.79 Å². The molecular weight excluding hydrogens is 422 g/mol. The fourth-order valence-corrected chi connectivity index (χ4v) is 5.78. The molecule has 3 aromatic rings. The Kier molecular flexibility index (Phi) is 5.49. The van der Waals surface area contributed by atoms with Crippen LogP contribution in [-0.2, 0) is 11.3 Å². The number of methoxy groups -OCH3 is 1. The Morgan fingerprint density at radius 1 is 1.19 bits per heavy atom. The molecule has 0 atom stereocenters. The number of thiazole rings is 1. The van der Waals surface area contributed by atoms with E-state index in [-0.39, 0.29) is 5.91 Å². The van der Waals surface area contributed by atoms with Gasteiger partial charge in [0.15, 0.2) is 5.82 Å². The van der Waals surface area contributed by atoms with Gasteiger partial charge >= 0.3 is 0 Å². The van der Waals surface area contributed by atoms with Gasteiger partial charge in [0.2, 0.25) is 4.96 Å². The summed E-state index contributed by atoms with van der Waals surface area (Å²) in [5.41, 5.74) is 1.50. The molecule has 0 saturated heterocycles. The topological polar surface area (TPSA) is 72.1 Å². The Balaban J connectivity index is 1.42. The Labute approximate surface area is 192 Å². The summed E-state index contributed by atoms with van der Waals surface area (Å²) in [6.07, 6.45) is 6.97. The van der Waals surface area contributed by atoms with Crippen LogP contribution in [0.3, 0.4) is 0 Å². The molecule has 7 nitrogen and oxygen atoms in total. The molecule has 3 heterocycles. The fourth-order valence-electron chi connectivity index (χ4n) is 4.74. The van der Waals surface area contributed by atoms with Gasteiger partial charge in [-0.05, 0) is 50.5 Å². The van der Waals surface area contributed by atoms with Crippen molar-refractivity contribution in [2.45, 2.75) is 70.9 Å². The minimum Gasteiger partial charge on any atom is -0.497 e. The first kappa shape index (κ1) is 21.1. The number of rotatable bonds is 7. The second-order valence-corrected chi connectivity index (χ2v) is 9.79. The third kappa shape index (κ3) is 3.50. The number of ether oxygens (including phenoxy) is 1. The van der Waals surface area contributed by atoms with Crippen LogP contribution in [0.4, 0.5) is 0 Å². The van der Waals surface area contributed by atoms with Gasteiger partial charge in [-0.3, -0.25) is 14.7 Å². The molecule has 1 amide bonds. The van der Waals surface area contributed by atoms with E-state index in [1.807, 2.05) is 33.7 Å². The number of hydrogen-bond acceptors (Lipinski definition) is 6. The van der Waals surface area contributed by atoms with Crippen molar-refractivity contribution < 1.29 is 9.53 Å². The van der Waals surface area contributed by atoms with Crippen molar-refractivity contribution in [2.75, 3.05) is 7.11 Å². The molecule has 5 rings (SSSR count). The maximum absolute atomic E-state index is 13.4. The van der Waals surface area contributed by atoms with Gasteiger partial charge in [0.25, 0.3) is 5.91 Å². The van der Waals surface area contributed by atoms with Crippen LogP contribution < -0.4 is 4.74 Å². The van der Waals surface area contributed by atoms with Crippen LogP contribution in [0.1, 0.15) is 62.4 Å². The molecule has 0 radical (unpaired) electrons. The molecule has 168 valence electrons. The highest BCUT2D eigenvalue weighted by Gasteiger charge is 2.49. The van der Waals surface area contributed by atoms with Crippen molar-refractivity contribution in [3.63, 3.8) is 0 Å². The molecule has 0 bridgehead atoms. The number of fused-ring (bicyclic) bond motifs is 1. The van der Waals surface area contributed by atoms with Crippen molar-refractivity contribution >= 4 is 28.0 Å². The van der Waals surface area contributed by atoms with Crippen LogP contribution in [0.5, 0.6) is 5.75 Å². The van der Waals surface area contributed by atoms with Gasteiger partial charge < -0.3 is 4.74 Å². The smallest absolute Gasteiger partial charge is 0.256 e. The lowest BCUT2D eigenvalue weighted by Crippen LogP contribution is -2.40. The van der Waals surface area contributed by atoms with Crippen LogP contribution >= 0.6 is 11.3 Å². The van der Waals surface area contributed by atoms with E-state index >= 15 is 0 Å². The molecule has 1 aliphatic carbocycles. The largest absolute Gasteiger partial charge is 0.497 e. The standard InChI is InChI=1S/C24H29N5O2S/c1-4-5-8-20-26-24(13-6-7-14-24)22(30)28(20)15-19-16(2)29-23(32-19)25-21(27-29)17-9-11-18(31-3)12-10-17/h9-12H,4-8,13-15H2,1-3H3. The summed E-state index contributed by atoms with van der Waals surface area (Å²) in [4.78, 5) is 27.1. The molecule has 0 N–H and O–H groups in total. The highest BCUT2D eigenvalue weighted by molar-refractivity contribution is 7.17. The third-order valence-corrected chi connectivity index (χ3v) is 7.76. The summed E-state index contributed by atoms with van der Waals surface area (Å²) in [5, 5.41) is 4.73. The third-order valence-electron chi connectivity index (χ3n) is 6.65. The number of hydrogen-bond donors (Lipinski definition) is 0. The summed E-state index contributed by atoms with van der Waals surface area (Å²) >= 11 is 1.61. The van der Waals surface area contributed by atoms with Crippen molar-refractivity contribution in [3.8, 4) is 17.1 Å². The molecule has 8 heteroatoms. The number of aryl methyl sites for hydroxylation is 1. The first-order chi connectivity index (χ1) is 15.5. The number of amides is 1. The fraction of sp³-hybridized carbons (Fsp3) is 0.500. The van der Waals surface area contributed by atoms with Gasteiger partial charge in [-0.25, -0.2) is 4.52 Å².